The second kappa shape index (κ2) is 7.42. The summed E-state index contributed by atoms with van der Waals surface area (Å²) in [5.41, 5.74) is 3.89. The van der Waals surface area contributed by atoms with Crippen LogP contribution in [-0.4, -0.2) is 42.1 Å². The fourth-order valence-electron chi connectivity index (χ4n) is 3.43. The molecule has 1 saturated heterocycles. The van der Waals surface area contributed by atoms with Gasteiger partial charge < -0.3 is 15.0 Å². The van der Waals surface area contributed by atoms with Gasteiger partial charge in [0, 0.05) is 35.8 Å². The Morgan fingerprint density at radius 1 is 1.30 bits per heavy atom. The van der Waals surface area contributed by atoms with E-state index < -0.39 is 0 Å². The molecule has 2 N–H and O–H groups in total. The summed E-state index contributed by atoms with van der Waals surface area (Å²) in [6.07, 6.45) is 0. The van der Waals surface area contributed by atoms with Gasteiger partial charge >= 0.3 is 0 Å². The van der Waals surface area contributed by atoms with Crippen LogP contribution in [0.15, 0.2) is 24.3 Å². The third-order valence-corrected chi connectivity index (χ3v) is 5.95. The number of H-pyrrole nitrogens is 1. The minimum absolute atomic E-state index is 0.200. The fraction of sp³-hybridized carbons (Fsp3) is 0.350. The number of aromatic amines is 1. The quantitative estimate of drug-likeness (QED) is 0.710. The van der Waals surface area contributed by atoms with Crippen LogP contribution in [0, 0.1) is 19.7 Å². The number of halogens is 1. The summed E-state index contributed by atoms with van der Waals surface area (Å²) in [5, 5.41) is 2.92. The molecule has 0 aliphatic carbocycles. The van der Waals surface area contributed by atoms with Crippen molar-refractivity contribution in [1.29, 1.82) is 0 Å². The number of hydrogen-bond acceptors (Lipinski definition) is 4. The summed E-state index contributed by atoms with van der Waals surface area (Å²) in [5.74, 6) is -0.511. The Morgan fingerprint density at radius 3 is 2.81 bits per heavy atom. The van der Waals surface area contributed by atoms with Gasteiger partial charge in [-0.3, -0.25) is 9.69 Å². The van der Waals surface area contributed by atoms with Crippen LogP contribution in [0.2, 0.25) is 0 Å². The van der Waals surface area contributed by atoms with Crippen LogP contribution in [0.5, 0.6) is 0 Å². The van der Waals surface area contributed by atoms with Gasteiger partial charge in [-0.05, 0) is 43.7 Å². The number of hydrogen-bond donors (Lipinski definition) is 2. The van der Waals surface area contributed by atoms with Gasteiger partial charge in [-0.1, -0.05) is 0 Å². The Bertz CT molecular complexity index is 989. The van der Waals surface area contributed by atoms with Crippen LogP contribution in [0.25, 0.3) is 10.2 Å². The number of fused-ring (bicyclic) bond motifs is 1. The van der Waals surface area contributed by atoms with Gasteiger partial charge in [0.15, 0.2) is 0 Å². The molecule has 0 radical (unpaired) electrons. The van der Waals surface area contributed by atoms with E-state index >= 15 is 0 Å². The molecule has 1 fully saturated rings. The highest BCUT2D eigenvalue weighted by Gasteiger charge is 2.23. The molecule has 0 unspecified atom stereocenters. The van der Waals surface area contributed by atoms with E-state index in [1.54, 1.807) is 24.3 Å². The van der Waals surface area contributed by atoms with Gasteiger partial charge in [0.1, 0.15) is 11.5 Å². The number of thiophene rings is 1. The number of anilines is 1. The van der Waals surface area contributed by atoms with Crippen LogP contribution in [0.4, 0.5) is 10.1 Å². The minimum Gasteiger partial charge on any atom is -0.379 e. The predicted molar refractivity (Wildman–Crippen MR) is 106 cm³/mol. The Balaban J connectivity index is 1.66. The standard InChI is InChI=1S/C20H22FN3O2S/c1-12-9-14(21)3-4-16(12)23-20(25)18-15(11-24-5-7-26-8-6-24)19-17(22-18)10-13(2)27-19/h3-4,9-10,22H,5-8,11H2,1-2H3,(H,23,25). The fourth-order valence-corrected chi connectivity index (χ4v) is 4.44. The molecule has 7 heteroatoms. The Labute approximate surface area is 161 Å². The molecule has 1 amide bonds. The lowest BCUT2D eigenvalue weighted by Gasteiger charge is -2.26. The normalized spacial score (nSPS) is 15.4. The summed E-state index contributed by atoms with van der Waals surface area (Å²) in [6, 6.07) is 6.44. The molecule has 0 saturated carbocycles. The largest absolute Gasteiger partial charge is 0.379 e. The molecule has 3 aromatic rings. The smallest absolute Gasteiger partial charge is 0.272 e. The number of nitrogens with one attached hydrogen (secondary N) is 2. The van der Waals surface area contributed by atoms with Gasteiger partial charge in [0.25, 0.3) is 5.91 Å². The maximum atomic E-state index is 13.3. The van der Waals surface area contributed by atoms with Gasteiger partial charge in [-0.15, -0.1) is 11.3 Å². The lowest BCUT2D eigenvalue weighted by Crippen LogP contribution is -2.36. The van der Waals surface area contributed by atoms with E-state index in [9.17, 15) is 9.18 Å². The molecule has 0 bridgehead atoms. The van der Waals surface area contributed by atoms with E-state index in [1.807, 2.05) is 0 Å². The van der Waals surface area contributed by atoms with Crippen molar-refractivity contribution in [3.63, 3.8) is 0 Å². The topological polar surface area (TPSA) is 57.4 Å². The second-order valence-electron chi connectivity index (χ2n) is 6.88. The molecule has 0 spiro atoms. The number of amides is 1. The predicted octanol–water partition coefficient (Wildman–Crippen LogP) is 4.07. The molecule has 1 aromatic carbocycles. The van der Waals surface area contributed by atoms with E-state index in [0.717, 1.165) is 28.9 Å². The highest BCUT2D eigenvalue weighted by atomic mass is 32.1. The molecule has 0 atom stereocenters. The molecule has 1 aliphatic heterocycles. The van der Waals surface area contributed by atoms with Crippen molar-refractivity contribution < 1.29 is 13.9 Å². The number of carbonyl (C=O) groups excluding carboxylic acids is 1. The summed E-state index contributed by atoms with van der Waals surface area (Å²) < 4.78 is 19.9. The number of carbonyl (C=O) groups is 1. The zero-order valence-electron chi connectivity index (χ0n) is 15.4. The number of aromatic nitrogens is 1. The van der Waals surface area contributed by atoms with Crippen molar-refractivity contribution in [2.75, 3.05) is 31.6 Å². The number of ether oxygens (including phenoxy) is 1. The summed E-state index contributed by atoms with van der Waals surface area (Å²) in [6.45, 7) is 7.70. The van der Waals surface area contributed by atoms with Crippen molar-refractivity contribution in [2.24, 2.45) is 0 Å². The van der Waals surface area contributed by atoms with Crippen molar-refractivity contribution in [3.8, 4) is 0 Å². The zero-order chi connectivity index (χ0) is 19.0. The van der Waals surface area contributed by atoms with Crippen LogP contribution in [0.1, 0.15) is 26.5 Å². The van der Waals surface area contributed by atoms with Crippen molar-refractivity contribution in [2.45, 2.75) is 20.4 Å². The SMILES string of the molecule is Cc1cc2[nH]c(C(=O)Nc3ccc(F)cc3C)c(CN3CCOCC3)c2s1. The van der Waals surface area contributed by atoms with Crippen molar-refractivity contribution >= 4 is 33.1 Å². The summed E-state index contributed by atoms with van der Waals surface area (Å²) in [7, 11) is 0. The van der Waals surface area contributed by atoms with E-state index in [2.05, 4.69) is 28.2 Å². The molecular weight excluding hydrogens is 365 g/mol. The monoisotopic (exact) mass is 387 g/mol. The molecule has 142 valence electrons. The second-order valence-corrected chi connectivity index (χ2v) is 8.14. The molecule has 1 aliphatic rings. The maximum absolute atomic E-state index is 13.3. The van der Waals surface area contributed by atoms with E-state index in [4.69, 9.17) is 4.74 Å². The Morgan fingerprint density at radius 2 is 2.07 bits per heavy atom. The van der Waals surface area contributed by atoms with E-state index in [1.165, 1.54) is 17.0 Å². The third kappa shape index (κ3) is 3.76. The van der Waals surface area contributed by atoms with Crippen molar-refractivity contribution in [3.05, 3.63) is 51.8 Å². The third-order valence-electron chi connectivity index (χ3n) is 4.84. The molecule has 3 heterocycles. The average Bonchev–Trinajstić information content (AvgIpc) is 3.15. The molecule has 5 nitrogen and oxygen atoms in total. The van der Waals surface area contributed by atoms with Gasteiger partial charge in [-0.25, -0.2) is 4.39 Å². The summed E-state index contributed by atoms with van der Waals surface area (Å²) >= 11 is 1.70. The van der Waals surface area contributed by atoms with Gasteiger partial charge in [0.2, 0.25) is 0 Å². The average molecular weight is 387 g/mol. The molecule has 27 heavy (non-hydrogen) atoms. The van der Waals surface area contributed by atoms with Gasteiger partial charge in [-0.2, -0.15) is 0 Å². The van der Waals surface area contributed by atoms with Crippen LogP contribution >= 0.6 is 11.3 Å². The Hall–Kier alpha value is -2.22. The number of benzene rings is 1. The van der Waals surface area contributed by atoms with E-state index in [0.29, 0.717) is 36.7 Å². The van der Waals surface area contributed by atoms with Crippen LogP contribution < -0.4 is 5.32 Å². The van der Waals surface area contributed by atoms with Crippen LogP contribution in [-0.2, 0) is 11.3 Å². The number of nitrogens with zero attached hydrogens (tertiary/aromatic N) is 1. The minimum atomic E-state index is -0.311. The first-order valence-corrected chi connectivity index (χ1v) is 9.81. The lowest BCUT2D eigenvalue weighted by atomic mass is 10.1. The van der Waals surface area contributed by atoms with E-state index in [-0.39, 0.29) is 11.7 Å². The first kappa shape index (κ1) is 18.2. The van der Waals surface area contributed by atoms with Crippen LogP contribution in [0.3, 0.4) is 0 Å². The number of morpholine rings is 1. The number of aryl methyl sites for hydroxylation is 2. The molecule has 2 aromatic heterocycles. The molecular formula is C20H22FN3O2S. The highest BCUT2D eigenvalue weighted by Crippen LogP contribution is 2.32. The molecule has 4 rings (SSSR count). The lowest BCUT2D eigenvalue weighted by molar-refractivity contribution is 0.0343. The first-order valence-electron chi connectivity index (χ1n) is 9.00. The Kier molecular flexibility index (Phi) is 4.99. The van der Waals surface area contributed by atoms with Gasteiger partial charge in [0.05, 0.1) is 23.4 Å². The zero-order valence-corrected chi connectivity index (χ0v) is 16.2. The first-order chi connectivity index (χ1) is 13.0. The number of rotatable bonds is 4. The van der Waals surface area contributed by atoms with Crippen molar-refractivity contribution in [1.82, 2.24) is 9.88 Å². The maximum Gasteiger partial charge on any atom is 0.272 e. The summed E-state index contributed by atoms with van der Waals surface area (Å²) in [4.78, 5) is 19.8. The highest BCUT2D eigenvalue weighted by molar-refractivity contribution is 7.19.